The number of fused-ring (bicyclic) bond motifs is 3. The summed E-state index contributed by atoms with van der Waals surface area (Å²) in [7, 11) is 1.89. The quantitative estimate of drug-likeness (QED) is 0.0211. The minimum Gasteiger partial charge on any atom is -0.480 e. The van der Waals surface area contributed by atoms with Crippen molar-refractivity contribution in [1.29, 1.82) is 0 Å². The van der Waals surface area contributed by atoms with Crippen LogP contribution < -0.4 is 39.3 Å². The average molecular weight is 1350 g/mol. The van der Waals surface area contributed by atoms with Crippen molar-refractivity contribution in [3.05, 3.63) is 84.7 Å². The van der Waals surface area contributed by atoms with Gasteiger partial charge in [0.2, 0.25) is 35.4 Å². The lowest BCUT2D eigenvalue weighted by atomic mass is 10.1. The minimum atomic E-state index is -1.16. The number of amides is 6. The Hall–Kier alpha value is -7.39. The van der Waals surface area contributed by atoms with E-state index in [-0.39, 0.29) is 84.4 Å². The average Bonchev–Trinajstić information content (AvgIpc) is 1.60. The number of para-hydroxylation sites is 2. The van der Waals surface area contributed by atoms with Crippen LogP contribution in [0.15, 0.2) is 79.0 Å². The zero-order valence-electron chi connectivity index (χ0n) is 58.3. The molecule has 0 bridgehead atoms. The zero-order valence-corrected chi connectivity index (χ0v) is 58.3. The van der Waals surface area contributed by atoms with Gasteiger partial charge in [-0.05, 0) is 160 Å². The first kappa shape index (κ1) is 80.3. The molecule has 25 nitrogen and oxygen atoms in total. The molecule has 538 valence electrons. The maximum absolute atomic E-state index is 15.0. The van der Waals surface area contributed by atoms with Gasteiger partial charge in [0.15, 0.2) is 0 Å². The number of carboxylic acids is 1. The van der Waals surface area contributed by atoms with Crippen LogP contribution in [0.3, 0.4) is 0 Å². The zero-order chi connectivity index (χ0) is 69.8. The summed E-state index contributed by atoms with van der Waals surface area (Å²) in [5, 5.41) is 27.4. The Labute approximate surface area is 575 Å². The predicted molar refractivity (Wildman–Crippen MR) is 385 cm³/mol. The Morgan fingerprint density at radius 1 is 0.402 bits per heavy atom. The number of carbonyl (C=O) groups is 7. The SMILES string of the molecule is CNCCCCCCN(CC(=O)N(CCCCCCN)CC(=O)O)C(=O)CN(CCCCCCN)C(=O)CN(CCCCCCN)C(=O)CN(CCCCCCN)C(=O)CN(CCCCCCN)C(=O)CNCc1cn(-c2ccc(-n3c4ccccc4c4ccccc43)cc2)nn1. The molecule has 0 unspecified atom stereocenters. The molecule has 0 aliphatic heterocycles. The van der Waals surface area contributed by atoms with Crippen molar-refractivity contribution in [1.82, 2.24) is 59.6 Å². The van der Waals surface area contributed by atoms with E-state index in [0.29, 0.717) is 83.5 Å². The molecule has 0 aliphatic carbocycles. The fourth-order valence-corrected chi connectivity index (χ4v) is 12.1. The smallest absolute Gasteiger partial charge is 0.323 e. The fourth-order valence-electron chi connectivity index (χ4n) is 12.1. The van der Waals surface area contributed by atoms with Crippen molar-refractivity contribution >= 4 is 63.2 Å². The number of hydrogen-bond acceptors (Lipinski definition) is 16. The van der Waals surface area contributed by atoms with Crippen molar-refractivity contribution in [3.63, 3.8) is 0 Å². The summed E-state index contributed by atoms with van der Waals surface area (Å²) >= 11 is 0. The van der Waals surface area contributed by atoms with Gasteiger partial charge >= 0.3 is 5.97 Å². The lowest BCUT2D eigenvalue weighted by Gasteiger charge is -2.32. The third kappa shape index (κ3) is 29.3. The van der Waals surface area contributed by atoms with Crippen LogP contribution in [-0.4, -0.2) is 227 Å². The van der Waals surface area contributed by atoms with Crippen LogP contribution in [0.5, 0.6) is 0 Å². The van der Waals surface area contributed by atoms with Crippen LogP contribution in [0.1, 0.15) is 160 Å². The molecule has 5 aromatic rings. The molecule has 0 aliphatic rings. The molecule has 3 aromatic carbocycles. The molecule has 5 rings (SSSR count). The third-order valence-electron chi connectivity index (χ3n) is 17.7. The van der Waals surface area contributed by atoms with E-state index in [1.54, 1.807) is 9.58 Å². The molecular formula is C72H117N17O8. The first-order valence-corrected chi connectivity index (χ1v) is 36.0. The number of nitrogens with one attached hydrogen (secondary N) is 2. The van der Waals surface area contributed by atoms with Crippen molar-refractivity contribution in [2.24, 2.45) is 28.7 Å². The second kappa shape index (κ2) is 47.5. The molecule has 0 spiro atoms. The van der Waals surface area contributed by atoms with E-state index in [2.05, 4.69) is 74.0 Å². The summed E-state index contributed by atoms with van der Waals surface area (Å²) in [6.07, 6.45) is 19.9. The van der Waals surface area contributed by atoms with E-state index < -0.39 is 42.0 Å². The molecule has 0 fully saturated rings. The molecule has 13 N–H and O–H groups in total. The molecule has 0 saturated carbocycles. The Kier molecular flexibility index (Phi) is 39.4. The largest absolute Gasteiger partial charge is 0.480 e. The Morgan fingerprint density at radius 2 is 0.722 bits per heavy atom. The molecule has 0 saturated heterocycles. The third-order valence-corrected chi connectivity index (χ3v) is 17.7. The topological polar surface area (TPSA) is 349 Å². The van der Waals surface area contributed by atoms with Crippen LogP contribution in [-0.2, 0) is 40.1 Å². The normalized spacial score (nSPS) is 11.4. The van der Waals surface area contributed by atoms with Crippen LogP contribution in [0, 0.1) is 0 Å². The number of aliphatic carboxylic acids is 1. The maximum Gasteiger partial charge on any atom is 0.323 e. The van der Waals surface area contributed by atoms with Crippen molar-refractivity contribution in [2.45, 2.75) is 161 Å². The summed E-state index contributed by atoms with van der Waals surface area (Å²) in [6, 6.07) is 24.8. The predicted octanol–water partition coefficient (Wildman–Crippen LogP) is 5.89. The van der Waals surface area contributed by atoms with E-state index in [0.717, 1.165) is 145 Å². The highest BCUT2D eigenvalue weighted by molar-refractivity contribution is 6.09. The van der Waals surface area contributed by atoms with Crippen LogP contribution in [0.2, 0.25) is 0 Å². The van der Waals surface area contributed by atoms with Gasteiger partial charge in [0, 0.05) is 62.3 Å². The monoisotopic (exact) mass is 1350 g/mol. The first-order valence-electron chi connectivity index (χ1n) is 36.0. The standard InChI is InChI=1S/C72H117N17O8/c1-78-43-23-7-13-29-48-86(57-71(95)87(58-72(96)97)49-28-12-6-22-42-77)70(94)56-85(47-27-11-5-21-41-76)69(93)55-84(46-26-10-4-20-40-75)68(92)54-83(45-25-9-3-19-39-74)67(91)53-82(44-24-8-2-18-38-73)66(90)51-79-50-59-52-88(81-80-59)60-34-36-61(37-35-60)89-64-32-16-14-30-62(64)63-31-15-17-33-65(63)89/h14-17,30-37,52,78-79H,2-13,18-29,38-51,53-58,73-77H2,1H3,(H,96,97). The van der Waals surface area contributed by atoms with Gasteiger partial charge in [0.1, 0.15) is 6.54 Å². The number of carbonyl (C=O) groups excluding carboxylic acids is 6. The molecule has 2 aromatic heterocycles. The molecule has 0 atom stereocenters. The van der Waals surface area contributed by atoms with Crippen LogP contribution in [0.25, 0.3) is 33.2 Å². The molecular weight excluding hydrogens is 1230 g/mol. The number of rotatable bonds is 55. The first-order chi connectivity index (χ1) is 47.3. The van der Waals surface area contributed by atoms with Gasteiger partial charge in [-0.15, -0.1) is 5.10 Å². The Bertz CT molecular complexity index is 3030. The molecule has 25 heteroatoms. The molecule has 0 radical (unpaired) electrons. The number of unbranched alkanes of at least 4 members (excludes halogenated alkanes) is 18. The number of nitrogens with two attached hydrogens (primary N) is 5. The number of nitrogens with zero attached hydrogens (tertiary/aromatic N) is 10. The lowest BCUT2D eigenvalue weighted by Crippen LogP contribution is -2.52. The molecule has 6 amide bonds. The van der Waals surface area contributed by atoms with Crippen molar-refractivity contribution in [2.75, 3.05) is 131 Å². The van der Waals surface area contributed by atoms with E-state index in [4.69, 9.17) is 28.7 Å². The summed E-state index contributed by atoms with van der Waals surface area (Å²) in [5.41, 5.74) is 33.7. The Balaban J connectivity index is 1.34. The summed E-state index contributed by atoms with van der Waals surface area (Å²) in [5.74, 6) is -3.72. The maximum atomic E-state index is 15.0. The summed E-state index contributed by atoms with van der Waals surface area (Å²) < 4.78 is 3.95. The highest BCUT2D eigenvalue weighted by atomic mass is 16.4. The van der Waals surface area contributed by atoms with E-state index >= 15 is 0 Å². The number of aromatic nitrogens is 4. The van der Waals surface area contributed by atoms with Crippen molar-refractivity contribution < 1.29 is 38.7 Å². The second-order valence-electron chi connectivity index (χ2n) is 25.5. The van der Waals surface area contributed by atoms with Crippen molar-refractivity contribution in [3.8, 4) is 11.4 Å². The molecule has 2 heterocycles. The van der Waals surface area contributed by atoms with Crippen LogP contribution >= 0.6 is 0 Å². The lowest BCUT2D eigenvalue weighted by molar-refractivity contribution is -0.149. The van der Waals surface area contributed by atoms with Gasteiger partial charge < -0.3 is 78.4 Å². The van der Waals surface area contributed by atoms with Gasteiger partial charge in [-0.3, -0.25) is 33.6 Å². The number of hydrogen-bond donors (Lipinski definition) is 8. The highest BCUT2D eigenvalue weighted by Gasteiger charge is 2.30. The van der Waals surface area contributed by atoms with Gasteiger partial charge in [-0.1, -0.05) is 119 Å². The number of benzene rings is 3. The fraction of sp³-hybridized carbons (Fsp3) is 0.625. The molecule has 97 heavy (non-hydrogen) atoms. The van der Waals surface area contributed by atoms with Gasteiger partial charge in [0.05, 0.1) is 67.9 Å². The van der Waals surface area contributed by atoms with Gasteiger partial charge in [-0.2, -0.15) is 0 Å². The minimum absolute atomic E-state index is 0.0926. The second-order valence-corrected chi connectivity index (χ2v) is 25.5. The van der Waals surface area contributed by atoms with Crippen LogP contribution in [0.4, 0.5) is 0 Å². The van der Waals surface area contributed by atoms with Gasteiger partial charge in [-0.25, -0.2) is 4.68 Å². The highest BCUT2D eigenvalue weighted by Crippen LogP contribution is 2.32. The number of carboxylic acid groups (broad SMARTS) is 1. The van der Waals surface area contributed by atoms with E-state index in [9.17, 15) is 38.7 Å². The van der Waals surface area contributed by atoms with Gasteiger partial charge in [0.25, 0.3) is 0 Å². The summed E-state index contributed by atoms with van der Waals surface area (Å²) in [6.45, 7) is 2.77. The van der Waals surface area contributed by atoms with E-state index in [1.807, 2.05) is 37.5 Å². The Morgan fingerprint density at radius 3 is 1.07 bits per heavy atom. The van der Waals surface area contributed by atoms with E-state index in [1.165, 1.54) is 35.3 Å². The summed E-state index contributed by atoms with van der Waals surface area (Å²) in [4.78, 5) is 109.